The van der Waals surface area contributed by atoms with Crippen LogP contribution in [0.1, 0.15) is 5.56 Å². The summed E-state index contributed by atoms with van der Waals surface area (Å²) >= 11 is 0. The Morgan fingerprint density at radius 3 is 2.03 bits per heavy atom. The summed E-state index contributed by atoms with van der Waals surface area (Å²) < 4.78 is 5.91. The molecule has 4 nitrogen and oxygen atoms in total. The zero-order valence-electron chi connectivity index (χ0n) is 16.9. The standard InChI is InChI=1S/C27H21N3O/c1-3-7-20(8-4-1)19-31-24-13-11-23(12-14-24)27-29-25(21-9-5-2-6-10-21)26(30-27)22-15-17-28-18-16-22/h1-18H,19H2,(H,29,30). The molecule has 0 saturated heterocycles. The average molecular weight is 403 g/mol. The quantitative estimate of drug-likeness (QED) is 0.358. The molecule has 0 aliphatic heterocycles. The second kappa shape index (κ2) is 8.67. The largest absolute Gasteiger partial charge is 0.489 e. The van der Waals surface area contributed by atoms with Crippen LogP contribution in [0.4, 0.5) is 0 Å². The molecule has 0 aliphatic rings. The molecule has 4 heteroatoms. The van der Waals surface area contributed by atoms with Gasteiger partial charge in [0.2, 0.25) is 0 Å². The van der Waals surface area contributed by atoms with Gasteiger partial charge in [-0.05, 0) is 42.0 Å². The van der Waals surface area contributed by atoms with Crippen LogP contribution in [0.2, 0.25) is 0 Å². The number of hydrogen-bond acceptors (Lipinski definition) is 3. The van der Waals surface area contributed by atoms with Gasteiger partial charge in [0.1, 0.15) is 18.2 Å². The van der Waals surface area contributed by atoms with Gasteiger partial charge < -0.3 is 9.72 Å². The fourth-order valence-electron chi connectivity index (χ4n) is 3.49. The third kappa shape index (κ3) is 4.23. The van der Waals surface area contributed by atoms with Gasteiger partial charge in [0.15, 0.2) is 0 Å². The lowest BCUT2D eigenvalue weighted by Crippen LogP contribution is -1.94. The van der Waals surface area contributed by atoms with Gasteiger partial charge >= 0.3 is 0 Å². The Kier molecular flexibility index (Phi) is 5.27. The van der Waals surface area contributed by atoms with E-state index in [4.69, 9.17) is 9.72 Å². The van der Waals surface area contributed by atoms with Crippen molar-refractivity contribution in [2.24, 2.45) is 0 Å². The maximum absolute atomic E-state index is 5.91. The van der Waals surface area contributed by atoms with Gasteiger partial charge in [-0.1, -0.05) is 60.7 Å². The van der Waals surface area contributed by atoms with E-state index in [-0.39, 0.29) is 0 Å². The molecule has 0 unspecified atom stereocenters. The molecule has 0 atom stereocenters. The summed E-state index contributed by atoms with van der Waals surface area (Å²) in [5, 5.41) is 0. The van der Waals surface area contributed by atoms with Crippen LogP contribution in [0.5, 0.6) is 5.75 Å². The number of H-pyrrole nitrogens is 1. The molecule has 0 radical (unpaired) electrons. The average Bonchev–Trinajstić information content (AvgIpc) is 3.30. The highest BCUT2D eigenvalue weighted by molar-refractivity contribution is 5.81. The van der Waals surface area contributed by atoms with Gasteiger partial charge in [-0.15, -0.1) is 0 Å². The predicted molar refractivity (Wildman–Crippen MR) is 123 cm³/mol. The Bertz CT molecular complexity index is 1190. The minimum Gasteiger partial charge on any atom is -0.489 e. The smallest absolute Gasteiger partial charge is 0.138 e. The van der Waals surface area contributed by atoms with E-state index in [0.717, 1.165) is 45.2 Å². The van der Waals surface area contributed by atoms with Crippen LogP contribution in [0.25, 0.3) is 33.9 Å². The molecule has 5 aromatic rings. The number of aromatic amines is 1. The minimum absolute atomic E-state index is 0.547. The molecule has 150 valence electrons. The first-order valence-electron chi connectivity index (χ1n) is 10.2. The number of benzene rings is 3. The number of aromatic nitrogens is 3. The summed E-state index contributed by atoms with van der Waals surface area (Å²) in [7, 11) is 0. The summed E-state index contributed by atoms with van der Waals surface area (Å²) in [4.78, 5) is 12.6. The van der Waals surface area contributed by atoms with Crippen molar-refractivity contribution in [3.05, 3.63) is 115 Å². The highest BCUT2D eigenvalue weighted by Crippen LogP contribution is 2.33. The number of nitrogens with zero attached hydrogens (tertiary/aromatic N) is 2. The van der Waals surface area contributed by atoms with Gasteiger partial charge in [0.05, 0.1) is 11.4 Å². The third-order valence-corrected chi connectivity index (χ3v) is 5.10. The molecule has 5 rings (SSSR count). The van der Waals surface area contributed by atoms with Crippen LogP contribution in [0, 0.1) is 0 Å². The van der Waals surface area contributed by atoms with Gasteiger partial charge in [-0.3, -0.25) is 4.98 Å². The number of nitrogens with one attached hydrogen (secondary N) is 1. The third-order valence-electron chi connectivity index (χ3n) is 5.10. The van der Waals surface area contributed by atoms with Crippen LogP contribution in [-0.2, 0) is 6.61 Å². The number of imidazole rings is 1. The summed E-state index contributed by atoms with van der Waals surface area (Å²) in [6.45, 7) is 0.547. The Morgan fingerprint density at radius 2 is 1.32 bits per heavy atom. The first-order chi connectivity index (χ1) is 15.4. The summed E-state index contributed by atoms with van der Waals surface area (Å²) in [6.07, 6.45) is 3.59. The van der Waals surface area contributed by atoms with Crippen LogP contribution in [-0.4, -0.2) is 15.0 Å². The zero-order valence-corrected chi connectivity index (χ0v) is 16.9. The van der Waals surface area contributed by atoms with Gasteiger partial charge in [0, 0.05) is 29.1 Å². The maximum Gasteiger partial charge on any atom is 0.138 e. The lowest BCUT2D eigenvalue weighted by molar-refractivity contribution is 0.306. The molecule has 0 spiro atoms. The molecule has 1 N–H and O–H groups in total. The molecule has 0 bridgehead atoms. The minimum atomic E-state index is 0.547. The number of rotatable bonds is 6. The maximum atomic E-state index is 5.91. The van der Waals surface area contributed by atoms with E-state index in [1.54, 1.807) is 12.4 Å². The summed E-state index contributed by atoms with van der Waals surface area (Å²) in [5.74, 6) is 1.65. The Hall–Kier alpha value is -4.18. The van der Waals surface area contributed by atoms with Crippen LogP contribution >= 0.6 is 0 Å². The van der Waals surface area contributed by atoms with Crippen molar-refractivity contribution >= 4 is 0 Å². The normalized spacial score (nSPS) is 10.7. The Balaban J connectivity index is 1.44. The predicted octanol–water partition coefficient (Wildman–Crippen LogP) is 6.38. The fourth-order valence-corrected chi connectivity index (χ4v) is 3.49. The molecule has 2 aromatic heterocycles. The number of pyridine rings is 1. The van der Waals surface area contributed by atoms with Crippen LogP contribution < -0.4 is 4.74 Å². The van der Waals surface area contributed by atoms with Gasteiger partial charge in [-0.2, -0.15) is 0 Å². The SMILES string of the molecule is c1ccc(COc2ccc(-c3nc(-c4ccccc4)c(-c4ccncc4)[nH]3)cc2)cc1. The second-order valence-electron chi connectivity index (χ2n) is 7.21. The summed E-state index contributed by atoms with van der Waals surface area (Å²) in [6, 6.07) is 32.4. The topological polar surface area (TPSA) is 50.8 Å². The van der Waals surface area contributed by atoms with E-state index in [2.05, 4.69) is 34.2 Å². The first kappa shape index (κ1) is 18.8. The van der Waals surface area contributed by atoms with E-state index < -0.39 is 0 Å². The molecule has 0 saturated carbocycles. The summed E-state index contributed by atoms with van der Waals surface area (Å²) in [5.41, 5.74) is 6.17. The van der Waals surface area contributed by atoms with Crippen molar-refractivity contribution in [3.8, 4) is 39.7 Å². The van der Waals surface area contributed by atoms with E-state index in [1.807, 2.05) is 72.8 Å². The highest BCUT2D eigenvalue weighted by Gasteiger charge is 2.15. The van der Waals surface area contributed by atoms with Crippen LogP contribution in [0.3, 0.4) is 0 Å². The van der Waals surface area contributed by atoms with Crippen molar-refractivity contribution < 1.29 is 4.74 Å². The highest BCUT2D eigenvalue weighted by atomic mass is 16.5. The second-order valence-corrected chi connectivity index (χ2v) is 7.21. The molecule has 2 heterocycles. The van der Waals surface area contributed by atoms with Crippen LogP contribution in [0.15, 0.2) is 109 Å². The van der Waals surface area contributed by atoms with Crippen molar-refractivity contribution in [1.82, 2.24) is 15.0 Å². The molecule has 0 amide bonds. The zero-order chi connectivity index (χ0) is 20.9. The van der Waals surface area contributed by atoms with Crippen molar-refractivity contribution in [1.29, 1.82) is 0 Å². The first-order valence-corrected chi connectivity index (χ1v) is 10.2. The monoisotopic (exact) mass is 403 g/mol. The van der Waals surface area contributed by atoms with Gasteiger partial charge in [-0.25, -0.2) is 4.98 Å². The Labute approximate surface area is 181 Å². The molecular formula is C27H21N3O. The Morgan fingerprint density at radius 1 is 0.645 bits per heavy atom. The van der Waals surface area contributed by atoms with E-state index in [1.165, 1.54) is 0 Å². The van der Waals surface area contributed by atoms with E-state index in [0.29, 0.717) is 6.61 Å². The lowest BCUT2D eigenvalue weighted by atomic mass is 10.1. The molecule has 31 heavy (non-hydrogen) atoms. The molecule has 0 fully saturated rings. The lowest BCUT2D eigenvalue weighted by Gasteiger charge is -2.06. The number of ether oxygens (including phenoxy) is 1. The number of hydrogen-bond donors (Lipinski definition) is 1. The van der Waals surface area contributed by atoms with Crippen molar-refractivity contribution in [3.63, 3.8) is 0 Å². The molecule has 3 aromatic carbocycles. The van der Waals surface area contributed by atoms with E-state index in [9.17, 15) is 0 Å². The molecular weight excluding hydrogens is 382 g/mol. The van der Waals surface area contributed by atoms with Gasteiger partial charge in [0.25, 0.3) is 0 Å². The fraction of sp³-hybridized carbons (Fsp3) is 0.0370. The van der Waals surface area contributed by atoms with E-state index >= 15 is 0 Å². The van der Waals surface area contributed by atoms with Crippen molar-refractivity contribution in [2.45, 2.75) is 6.61 Å². The molecule has 0 aliphatic carbocycles. The van der Waals surface area contributed by atoms with Crippen molar-refractivity contribution in [2.75, 3.05) is 0 Å².